The Balaban J connectivity index is 1.56. The Morgan fingerprint density at radius 2 is 1.86 bits per heavy atom. The molecule has 2 aromatic heterocycles. The van der Waals surface area contributed by atoms with Gasteiger partial charge in [-0.1, -0.05) is 35.0 Å². The van der Waals surface area contributed by atoms with E-state index in [0.717, 1.165) is 5.56 Å². The lowest BCUT2D eigenvalue weighted by Crippen LogP contribution is -2.31. The van der Waals surface area contributed by atoms with Crippen LogP contribution in [0, 0.1) is 5.92 Å². The summed E-state index contributed by atoms with van der Waals surface area (Å²) in [5.41, 5.74) is 1.21. The third-order valence-electron chi connectivity index (χ3n) is 5.96. The number of halogens is 2. The summed E-state index contributed by atoms with van der Waals surface area (Å²) in [6, 6.07) is 6.08. The molecule has 1 fully saturated rings. The molecule has 0 spiro atoms. The maximum atomic E-state index is 12.0. The molecule has 14 nitrogen and oxygen atoms in total. The number of aliphatic hydroxyl groups excluding tert-OH is 2. The number of hydrogen-bond acceptors (Lipinski definition) is 10. The lowest BCUT2D eigenvalue weighted by atomic mass is 10.1. The zero-order valence-corrected chi connectivity index (χ0v) is 22.5. The first-order valence-corrected chi connectivity index (χ1v) is 15.2. The van der Waals surface area contributed by atoms with E-state index in [1.807, 2.05) is 19.1 Å². The van der Waals surface area contributed by atoms with Crippen LogP contribution < -0.4 is 5.32 Å². The van der Waals surface area contributed by atoms with E-state index in [9.17, 15) is 24.2 Å². The minimum Gasteiger partial charge on any atom is -0.390 e. The van der Waals surface area contributed by atoms with Crippen molar-refractivity contribution in [1.82, 2.24) is 25.0 Å². The number of anilines is 1. The van der Waals surface area contributed by atoms with Crippen molar-refractivity contribution in [2.45, 2.75) is 37.6 Å². The van der Waals surface area contributed by atoms with Gasteiger partial charge in [0.2, 0.25) is 5.28 Å². The lowest BCUT2D eigenvalue weighted by Gasteiger charge is -2.19. The summed E-state index contributed by atoms with van der Waals surface area (Å²) < 4.78 is 29.1. The smallest absolute Gasteiger partial charge is 0.340 e. The average Bonchev–Trinajstić information content (AvgIpc) is 3.32. The molecule has 1 aliphatic carbocycles. The monoisotopic (exact) mass is 596 g/mol. The third kappa shape index (κ3) is 6.48. The predicted octanol–water partition coefficient (Wildman–Crippen LogP) is 2.32. The minimum absolute atomic E-state index is 0.0249. The van der Waals surface area contributed by atoms with Crippen LogP contribution in [0.5, 0.6) is 0 Å². The molecule has 18 heteroatoms. The molecule has 202 valence electrons. The second-order valence-electron chi connectivity index (χ2n) is 8.72. The highest BCUT2D eigenvalue weighted by molar-refractivity contribution is 7.70. The van der Waals surface area contributed by atoms with E-state index in [4.69, 9.17) is 37.5 Å². The molecule has 0 amide bonds. The highest BCUT2D eigenvalue weighted by atomic mass is 35.5. The van der Waals surface area contributed by atoms with Gasteiger partial charge in [-0.2, -0.15) is 9.97 Å². The number of hydrogen-bond donors (Lipinski definition) is 6. The molecule has 1 unspecified atom stereocenters. The van der Waals surface area contributed by atoms with E-state index in [2.05, 4.69) is 25.6 Å². The Kier molecular flexibility index (Phi) is 8.28. The summed E-state index contributed by atoms with van der Waals surface area (Å²) in [5, 5.41) is 33.0. The van der Waals surface area contributed by atoms with Crippen LogP contribution in [0.25, 0.3) is 11.2 Å². The Morgan fingerprint density at radius 1 is 1.16 bits per heavy atom. The molecular formula is C19H24Cl2N6O8P2. The van der Waals surface area contributed by atoms with Gasteiger partial charge >= 0.3 is 15.2 Å². The summed E-state index contributed by atoms with van der Waals surface area (Å²) in [7, 11) is -9.44. The van der Waals surface area contributed by atoms with Gasteiger partial charge in [0.05, 0.1) is 24.8 Å². The third-order valence-corrected chi connectivity index (χ3v) is 9.93. The van der Waals surface area contributed by atoms with E-state index in [1.54, 1.807) is 12.1 Å². The maximum absolute atomic E-state index is 12.0. The van der Waals surface area contributed by atoms with Crippen LogP contribution in [0.15, 0.2) is 24.3 Å². The maximum Gasteiger partial charge on any atom is 0.340 e. The summed E-state index contributed by atoms with van der Waals surface area (Å²) >= 11 is 12.4. The van der Waals surface area contributed by atoms with Crippen LogP contribution in [0.4, 0.5) is 5.82 Å². The van der Waals surface area contributed by atoms with Crippen molar-refractivity contribution in [3.8, 4) is 0 Å². The number of aromatic nitrogens is 5. The van der Waals surface area contributed by atoms with Crippen LogP contribution in [0.2, 0.25) is 10.3 Å². The molecule has 6 N–H and O–H groups in total. The van der Waals surface area contributed by atoms with E-state index in [0.29, 0.717) is 5.02 Å². The molecule has 37 heavy (non-hydrogen) atoms. The molecule has 2 heterocycles. The molecular weight excluding hydrogens is 573 g/mol. The van der Waals surface area contributed by atoms with Crippen molar-refractivity contribution < 1.29 is 38.5 Å². The lowest BCUT2D eigenvalue weighted by molar-refractivity contribution is -0.00362. The molecule has 1 aliphatic rings. The van der Waals surface area contributed by atoms with Crippen molar-refractivity contribution in [3.05, 3.63) is 40.1 Å². The van der Waals surface area contributed by atoms with Crippen LogP contribution in [0.3, 0.4) is 0 Å². The van der Waals surface area contributed by atoms with Gasteiger partial charge in [-0.3, -0.25) is 9.13 Å². The Hall–Kier alpha value is -1.70. The molecule has 3 aromatic rings. The normalized spacial score (nSPS) is 24.8. The minimum atomic E-state index is -4.81. The van der Waals surface area contributed by atoms with E-state index >= 15 is 0 Å². The zero-order valence-electron chi connectivity index (χ0n) is 19.2. The van der Waals surface area contributed by atoms with E-state index in [-0.39, 0.29) is 34.7 Å². The molecule has 0 saturated heterocycles. The van der Waals surface area contributed by atoms with Gasteiger partial charge in [-0.05, 0) is 36.6 Å². The van der Waals surface area contributed by atoms with Crippen molar-refractivity contribution in [3.63, 3.8) is 0 Å². The van der Waals surface area contributed by atoms with Gasteiger partial charge in [0.1, 0.15) is 6.10 Å². The first-order valence-electron chi connectivity index (χ1n) is 10.9. The number of rotatable bonds is 9. The number of nitrogens with one attached hydrogen (secondary N) is 1. The second kappa shape index (κ2) is 10.8. The molecule has 0 bridgehead atoms. The van der Waals surface area contributed by atoms with Crippen molar-refractivity contribution in [1.29, 1.82) is 0 Å². The van der Waals surface area contributed by atoms with Gasteiger partial charge in [0.15, 0.2) is 22.9 Å². The van der Waals surface area contributed by atoms with Crippen molar-refractivity contribution in [2.75, 3.05) is 17.8 Å². The fraction of sp³-hybridized carbons (Fsp3) is 0.474. The average molecular weight is 597 g/mol. The summed E-state index contributed by atoms with van der Waals surface area (Å²) in [5.74, 6) is -1.95. The molecule has 6 atom stereocenters. The fourth-order valence-corrected chi connectivity index (χ4v) is 7.31. The second-order valence-corrected chi connectivity index (χ2v) is 13.5. The fourth-order valence-electron chi connectivity index (χ4n) is 4.23. The molecule has 4 rings (SSSR count). The molecule has 1 aromatic carbocycles. The first kappa shape index (κ1) is 28.3. The largest absolute Gasteiger partial charge is 0.390 e. The number of benzene rings is 1. The highest BCUT2D eigenvalue weighted by Gasteiger charge is 2.45. The summed E-state index contributed by atoms with van der Waals surface area (Å²) in [6.45, 7) is 1.33. The van der Waals surface area contributed by atoms with Gasteiger partial charge in [-0.25, -0.2) is 4.68 Å². The Bertz CT molecular complexity index is 1390. The molecule has 1 saturated carbocycles. The van der Waals surface area contributed by atoms with Gasteiger partial charge in [0.25, 0.3) is 0 Å². The van der Waals surface area contributed by atoms with Gasteiger partial charge < -0.3 is 34.7 Å². The number of fused-ring (bicyclic) bond motifs is 1. The highest BCUT2D eigenvalue weighted by Crippen LogP contribution is 2.56. The Labute approximate surface area is 220 Å². The topological polar surface area (TPSA) is 213 Å². The number of nitrogens with zero attached hydrogens (tertiary/aromatic N) is 5. The van der Waals surface area contributed by atoms with Crippen LogP contribution in [-0.2, 0) is 13.7 Å². The van der Waals surface area contributed by atoms with Crippen LogP contribution >= 0.6 is 38.4 Å². The number of aliphatic hydroxyl groups is 2. The van der Waals surface area contributed by atoms with Gasteiger partial charge in [0, 0.05) is 10.9 Å². The predicted molar refractivity (Wildman–Crippen MR) is 133 cm³/mol. The standard InChI is InChI=1S/C19H24Cl2N6O8P2/c1-9(11-4-2-3-5-12(11)20)22-17-14-18(24-19(21)23-17)27(26-25-14)13-6-10(15(28)16(13)29)7-35-37(33,34)8-36(30,31)32/h2-5,9-10,13,15-16,28-29H,6-8H2,1H3,(H,33,34)(H,22,23,24)(H2,30,31,32)/t9-,10+,13+,15+,16-/m0/s1. The SMILES string of the molecule is C[C@H](Nc1nc(Cl)nc2c1nnn2[C@@H]1C[C@H](COP(=O)(O)CP(=O)(O)O)[C@@H](O)[C@H]1O)c1ccccc1Cl. The van der Waals surface area contributed by atoms with Crippen LogP contribution in [0.1, 0.15) is 31.0 Å². The Morgan fingerprint density at radius 3 is 2.54 bits per heavy atom. The van der Waals surface area contributed by atoms with E-state index in [1.165, 1.54) is 4.68 Å². The van der Waals surface area contributed by atoms with Gasteiger partial charge in [-0.15, -0.1) is 5.10 Å². The summed E-state index contributed by atoms with van der Waals surface area (Å²) in [4.78, 5) is 36.0. The summed E-state index contributed by atoms with van der Waals surface area (Å²) in [6.07, 6.45) is -2.75. The van der Waals surface area contributed by atoms with Crippen LogP contribution in [-0.4, -0.2) is 74.6 Å². The van der Waals surface area contributed by atoms with Crippen molar-refractivity contribution in [2.24, 2.45) is 5.92 Å². The van der Waals surface area contributed by atoms with Crippen molar-refractivity contribution >= 4 is 55.4 Å². The van der Waals surface area contributed by atoms with E-state index < -0.39 is 51.9 Å². The molecule has 0 aliphatic heterocycles. The quantitative estimate of drug-likeness (QED) is 0.155. The first-order chi connectivity index (χ1) is 17.3. The molecule has 0 radical (unpaired) electrons. The zero-order chi connectivity index (χ0) is 27.1.